The van der Waals surface area contributed by atoms with Crippen LogP contribution in [-0.4, -0.2) is 216 Å². The number of carbonyl (C=O) groups excluding carboxylic acids is 8. The van der Waals surface area contributed by atoms with Gasteiger partial charge in [0.15, 0.2) is 12.4 Å². The van der Waals surface area contributed by atoms with Gasteiger partial charge in [0, 0.05) is 86.5 Å². The number of aliphatic carboxylic acids is 2. The van der Waals surface area contributed by atoms with Crippen LogP contribution in [0.15, 0.2) is 170 Å². The predicted molar refractivity (Wildman–Crippen MR) is 503 cm³/mol. The van der Waals surface area contributed by atoms with E-state index in [9.17, 15) is 61.0 Å². The van der Waals surface area contributed by atoms with Crippen LogP contribution in [0.5, 0.6) is 23.1 Å². The summed E-state index contributed by atoms with van der Waals surface area (Å²) in [5, 5.41) is 36.8. The van der Waals surface area contributed by atoms with Gasteiger partial charge in [-0.3, -0.25) is 19.3 Å². The molecule has 7 aromatic carbocycles. The molecule has 3 aromatic heterocycles. The molecule has 8 amide bonds. The van der Waals surface area contributed by atoms with E-state index in [1.807, 2.05) is 79.7 Å². The van der Waals surface area contributed by atoms with Crippen molar-refractivity contribution in [2.45, 2.75) is 142 Å². The number of urea groups is 1. The van der Waals surface area contributed by atoms with Gasteiger partial charge in [-0.05, 0) is 170 Å². The number of terminal acetylenes is 1. The number of thiophene rings is 1. The van der Waals surface area contributed by atoms with Crippen LogP contribution < -0.4 is 61.7 Å². The first-order chi connectivity index (χ1) is 65.4. The lowest BCUT2D eigenvalue weighted by Gasteiger charge is -2.42. The number of alkyl halides is 3. The zero-order chi connectivity index (χ0) is 98.8. The first-order valence-electron chi connectivity index (χ1n) is 44.2. The van der Waals surface area contributed by atoms with Crippen molar-refractivity contribution < 1.29 is 109 Å². The topological polar surface area (TPSA) is 418 Å². The Morgan fingerprint density at radius 1 is 0.730 bits per heavy atom. The number of nitrogens with zero attached hydrogens (tertiary/aromatic N) is 7. The highest BCUT2D eigenvalue weighted by molar-refractivity contribution is 7.22. The number of aromatic nitrogens is 4. The first-order valence-corrected chi connectivity index (χ1v) is 45.4. The zero-order valence-electron chi connectivity index (χ0n) is 77.0. The molecule has 137 heavy (non-hydrogen) atoms. The van der Waals surface area contributed by atoms with Crippen molar-refractivity contribution in [2.24, 2.45) is 11.7 Å². The number of piperazine rings is 1. The molecule has 1 fully saturated rings. The molecule has 4 heterocycles. The fraction of sp³-hybridized carbons (Fsp3) is 0.364. The summed E-state index contributed by atoms with van der Waals surface area (Å²) in [6.45, 7) is 14.6. The quantitative estimate of drug-likeness (QED) is 0.00581. The van der Waals surface area contributed by atoms with Gasteiger partial charge in [0.1, 0.15) is 90.3 Å². The fourth-order valence-corrected chi connectivity index (χ4v) is 17.1. The van der Waals surface area contributed by atoms with E-state index in [1.165, 1.54) is 34.7 Å². The Balaban J connectivity index is 0.00000247. The number of nitrogens with one attached hydrogen (secondary N) is 6. The number of ether oxygens (including phenoxy) is 7. The number of primary amides is 1. The number of halogens is 5. The average Bonchev–Trinajstić information content (AvgIpc) is 1.59. The van der Waals surface area contributed by atoms with Crippen LogP contribution in [-0.2, 0) is 64.3 Å². The first kappa shape index (κ1) is 103. The predicted octanol–water partition coefficient (Wildman–Crippen LogP) is 13.7. The summed E-state index contributed by atoms with van der Waals surface area (Å²) in [6, 6.07) is 43.1. The highest BCUT2D eigenvalue weighted by atomic mass is 35.5. The van der Waals surface area contributed by atoms with Crippen LogP contribution >= 0.6 is 22.9 Å². The van der Waals surface area contributed by atoms with E-state index in [0.717, 1.165) is 27.8 Å². The molecule has 1 aliphatic carbocycles. The number of carboxylic acids is 2. The van der Waals surface area contributed by atoms with E-state index in [1.54, 1.807) is 116 Å². The number of likely N-dealkylation sites (N-methyl/N-ethyl adjacent to an activating group) is 1. The van der Waals surface area contributed by atoms with Crippen molar-refractivity contribution in [3.05, 3.63) is 220 Å². The molecule has 9 N–H and O–H groups in total. The van der Waals surface area contributed by atoms with Gasteiger partial charge in [0.25, 0.3) is 0 Å². The van der Waals surface area contributed by atoms with E-state index in [2.05, 4.69) is 76.9 Å². The summed E-state index contributed by atoms with van der Waals surface area (Å²) in [5.74, 6) is -3.46. The van der Waals surface area contributed by atoms with E-state index in [0.29, 0.717) is 150 Å². The van der Waals surface area contributed by atoms with Crippen molar-refractivity contribution in [2.75, 3.05) is 92.2 Å². The Kier molecular flexibility index (Phi) is 36.0. The molecule has 12 rings (SSSR count). The maximum absolute atomic E-state index is 14.8. The third-order valence-electron chi connectivity index (χ3n) is 22.7. The monoisotopic (exact) mass is 1920 g/mol. The maximum atomic E-state index is 14.8. The molecule has 0 unspecified atom stereocenters. The summed E-state index contributed by atoms with van der Waals surface area (Å²) in [6.07, 6.45) is 0.272. The molecular weight excluding hydrogens is 1820 g/mol. The highest BCUT2D eigenvalue weighted by Gasteiger charge is 2.37. The SMILES string of the molecule is C#CCOC(=O)N[C@@H](CCCCNC(=O)OC(C)(C)C)C(=O)N[C@H](C(=O)N[C@@H](CCCNC(N)=O)C(=O)Nc1ccc(C[N+]2(C)CCN(CCOc3ccc(-c4c(-c5ccc(F)cc5)sc5ncnc(O[C@H](Cc6ccccc6OCc6ccnc(-c7ccccc7OC)n6)C(=O)O)c45)c(C)c3Cl)CC2)c(CN(C)C(=O)OCC2c3ccccc3-c3ccccc32)c1)C(C)C.O=C([O-])C(F)(F)F. The molecule has 0 spiro atoms. The van der Waals surface area contributed by atoms with Gasteiger partial charge in [-0.15, -0.1) is 17.8 Å². The van der Waals surface area contributed by atoms with E-state index < -0.39 is 102 Å². The van der Waals surface area contributed by atoms with Crippen molar-refractivity contribution in [1.29, 1.82) is 0 Å². The second-order valence-corrected chi connectivity index (χ2v) is 35.7. The van der Waals surface area contributed by atoms with Crippen molar-refractivity contribution in [1.82, 2.24) is 56.3 Å². The Bertz CT molecular complexity index is 5970. The van der Waals surface area contributed by atoms with Crippen LogP contribution in [0.4, 0.5) is 42.4 Å². The average molecular weight is 1930 g/mol. The third kappa shape index (κ3) is 28.7. The number of carboxylic acid groups (broad SMARTS) is 2. The van der Waals surface area contributed by atoms with Gasteiger partial charge in [-0.25, -0.2) is 48.3 Å². The number of nitrogens with two attached hydrogens (primary N) is 1. The lowest BCUT2D eigenvalue weighted by Crippen LogP contribution is -2.57. The number of quaternary nitrogens is 1. The highest BCUT2D eigenvalue weighted by Crippen LogP contribution is 2.50. The van der Waals surface area contributed by atoms with Crippen molar-refractivity contribution in [3.8, 4) is 79.6 Å². The number of para-hydroxylation sites is 2. The van der Waals surface area contributed by atoms with Crippen molar-refractivity contribution >= 4 is 92.8 Å². The Morgan fingerprint density at radius 3 is 2.04 bits per heavy atom. The number of benzene rings is 7. The van der Waals surface area contributed by atoms with Gasteiger partial charge in [-0.1, -0.05) is 134 Å². The van der Waals surface area contributed by atoms with Crippen LogP contribution in [0, 0.1) is 31.0 Å². The van der Waals surface area contributed by atoms with Gasteiger partial charge in [0.2, 0.25) is 29.7 Å². The normalized spacial score (nSPS) is 13.6. The molecule has 38 heteroatoms. The molecule has 1 saturated heterocycles. The molecule has 1 aliphatic heterocycles. The second kappa shape index (κ2) is 47.8. The van der Waals surface area contributed by atoms with Gasteiger partial charge >= 0.3 is 36.5 Å². The Labute approximate surface area is 798 Å². The lowest BCUT2D eigenvalue weighted by molar-refractivity contribution is -0.926. The number of anilines is 1. The number of rotatable bonds is 40. The number of hydrogen-bond donors (Lipinski definition) is 8. The number of methoxy groups -OCH3 is 1. The van der Waals surface area contributed by atoms with Crippen molar-refractivity contribution in [3.63, 3.8) is 0 Å². The summed E-state index contributed by atoms with van der Waals surface area (Å²) in [7, 11) is 5.40. The number of carbonyl (C=O) groups is 9. The molecule has 0 saturated carbocycles. The molecular formula is C99H109ClF4N14O18S. The van der Waals surface area contributed by atoms with Crippen LogP contribution in [0.3, 0.4) is 0 Å². The summed E-state index contributed by atoms with van der Waals surface area (Å²) >= 11 is 8.68. The van der Waals surface area contributed by atoms with E-state index in [-0.39, 0.29) is 83.5 Å². The Morgan fingerprint density at radius 2 is 1.38 bits per heavy atom. The molecule has 32 nitrogen and oxygen atoms in total. The number of unbranched alkanes of at least 4 members (excludes halogenated alkanes) is 1. The number of alkyl carbamates (subject to hydrolysis) is 2. The molecule has 4 atom stereocenters. The number of hydrogen-bond acceptors (Lipinski definition) is 23. The smallest absolute Gasteiger partial charge is 0.430 e. The molecule has 2 aliphatic rings. The van der Waals surface area contributed by atoms with Crippen LogP contribution in [0.1, 0.15) is 112 Å². The van der Waals surface area contributed by atoms with Gasteiger partial charge in [-0.2, -0.15) is 13.2 Å². The Hall–Kier alpha value is -14.2. The molecule has 724 valence electrons. The molecule has 0 radical (unpaired) electrons. The second-order valence-electron chi connectivity index (χ2n) is 34.3. The van der Waals surface area contributed by atoms with E-state index >= 15 is 0 Å². The number of fused-ring (bicyclic) bond motifs is 4. The largest absolute Gasteiger partial charge is 0.542 e. The minimum atomic E-state index is -5.19. The fourth-order valence-electron chi connectivity index (χ4n) is 15.7. The zero-order valence-corrected chi connectivity index (χ0v) is 78.6. The summed E-state index contributed by atoms with van der Waals surface area (Å²) in [5.41, 5.74) is 15.2. The molecule has 0 bridgehead atoms. The van der Waals surface area contributed by atoms with Crippen LogP contribution in [0.2, 0.25) is 5.02 Å². The standard InChI is InChI=1S/C97H108ClFN14O16S.C2HF3O2/c1-11-50-125-95(121)109-76(29-20-21-42-103-94(120)129-97(5,6)7)88(115)110-84(59(2)3)89(116)108-75(30-22-43-102-93(100)119)87(114)107-66-38-35-63(64(52-66)54-111(8)96(122)127-57-74-71-26-15-13-24-69(71)70-25-14-16-27-72(70)74)55-113(9)48-45-112(46-49-113)47-51-124-79-40-39-68(60(4)83(79)98)81-82-90(104-58-105-91(82)130-85(81)61-33-36-65(99)37-34-61)128-80(92(117)118)53-62-23-12-18-31-77(62)126-56-67-41-44-101-86(106-67)73-28-17-19-32-78(73)123-10;3-2(4,5)1(6)7/h1,12-19,23-28,31-41,44,52,58-59,74-76,80,84H,20-22,29-30,42-43,45-51,53-57H2,2-10H3,(H8-,100,102,103,107,108,109,110,114,115,116,117,118,119,120,121);(H,6,7)/t75-,76-,80+,84-;/m0./s1. The van der Waals surface area contributed by atoms with Gasteiger partial charge < -0.3 is 95.2 Å². The van der Waals surface area contributed by atoms with E-state index in [4.69, 9.17) is 71.8 Å². The third-order valence-corrected chi connectivity index (χ3v) is 24.4. The summed E-state index contributed by atoms with van der Waals surface area (Å²) < 4.78 is 88.3. The minimum Gasteiger partial charge on any atom is -0.542 e. The van der Waals surface area contributed by atoms with Crippen LogP contribution in [0.25, 0.3) is 54.3 Å². The maximum Gasteiger partial charge on any atom is 0.430 e. The summed E-state index contributed by atoms with van der Waals surface area (Å²) in [4.78, 5) is 141. The molecule has 10 aromatic rings. The van der Waals surface area contributed by atoms with Gasteiger partial charge in [0.05, 0.1) is 48.9 Å². The minimum absolute atomic E-state index is 0.000805. The number of amides is 8. The lowest BCUT2D eigenvalue weighted by atomic mass is 9.96.